The van der Waals surface area contributed by atoms with Gasteiger partial charge in [0.15, 0.2) is 0 Å². The number of aromatic amines is 1. The molecule has 1 aromatic heterocycles. The monoisotopic (exact) mass is 271 g/mol. The minimum absolute atomic E-state index is 0.0469. The quantitative estimate of drug-likeness (QED) is 0.789. The molecule has 2 amide bonds. The molecule has 0 saturated carbocycles. The summed E-state index contributed by atoms with van der Waals surface area (Å²) in [4.78, 5) is 26.3. The maximum absolute atomic E-state index is 11.9. The van der Waals surface area contributed by atoms with Crippen molar-refractivity contribution < 1.29 is 9.59 Å². The van der Waals surface area contributed by atoms with Crippen LogP contribution in [-0.4, -0.2) is 22.8 Å². The van der Waals surface area contributed by atoms with Crippen LogP contribution in [0.4, 0.5) is 0 Å². The predicted octanol–water partition coefficient (Wildman–Crippen LogP) is 1.37. The van der Waals surface area contributed by atoms with Crippen molar-refractivity contribution in [3.05, 3.63) is 35.5 Å². The van der Waals surface area contributed by atoms with E-state index in [1.807, 2.05) is 19.1 Å². The zero-order valence-electron chi connectivity index (χ0n) is 11.3. The molecule has 2 heterocycles. The van der Waals surface area contributed by atoms with Gasteiger partial charge in [-0.3, -0.25) is 9.59 Å². The molecule has 5 nitrogen and oxygen atoms in total. The van der Waals surface area contributed by atoms with Gasteiger partial charge < -0.3 is 15.6 Å². The molecule has 104 valence electrons. The number of fused-ring (bicyclic) bond motifs is 1. The second-order valence-corrected chi connectivity index (χ2v) is 5.25. The third-order valence-corrected chi connectivity index (χ3v) is 3.60. The van der Waals surface area contributed by atoms with Gasteiger partial charge >= 0.3 is 0 Å². The summed E-state index contributed by atoms with van der Waals surface area (Å²) in [5.41, 5.74) is 3.27. The molecule has 3 rings (SSSR count). The normalized spacial score (nSPS) is 18.2. The Morgan fingerprint density at radius 3 is 3.00 bits per heavy atom. The number of benzene rings is 1. The van der Waals surface area contributed by atoms with Gasteiger partial charge in [-0.1, -0.05) is 6.07 Å². The fraction of sp³-hybridized carbons (Fsp3) is 0.333. The molecular weight excluding hydrogens is 254 g/mol. The summed E-state index contributed by atoms with van der Waals surface area (Å²) >= 11 is 0. The Morgan fingerprint density at radius 2 is 2.25 bits per heavy atom. The average molecular weight is 271 g/mol. The van der Waals surface area contributed by atoms with E-state index in [1.165, 1.54) is 0 Å². The third kappa shape index (κ3) is 2.52. The number of aromatic nitrogens is 1. The van der Waals surface area contributed by atoms with Crippen molar-refractivity contribution in [2.45, 2.75) is 32.4 Å². The highest BCUT2D eigenvalue weighted by molar-refractivity contribution is 5.90. The molecular formula is C15H17N3O2. The second kappa shape index (κ2) is 5.00. The Kier molecular flexibility index (Phi) is 3.18. The van der Waals surface area contributed by atoms with Gasteiger partial charge in [-0.05, 0) is 42.5 Å². The first-order chi connectivity index (χ1) is 9.61. The third-order valence-electron chi connectivity index (χ3n) is 3.60. The Hall–Kier alpha value is -2.30. The van der Waals surface area contributed by atoms with Crippen LogP contribution in [0.2, 0.25) is 0 Å². The van der Waals surface area contributed by atoms with Crippen molar-refractivity contribution in [2.24, 2.45) is 0 Å². The highest BCUT2D eigenvalue weighted by atomic mass is 16.2. The molecule has 2 aromatic rings. The molecule has 5 heteroatoms. The molecule has 0 radical (unpaired) electrons. The first-order valence-electron chi connectivity index (χ1n) is 6.77. The van der Waals surface area contributed by atoms with Crippen LogP contribution in [0.5, 0.6) is 0 Å². The Balaban J connectivity index is 1.64. The van der Waals surface area contributed by atoms with E-state index in [9.17, 15) is 9.59 Å². The van der Waals surface area contributed by atoms with E-state index in [2.05, 4.69) is 27.8 Å². The van der Waals surface area contributed by atoms with E-state index >= 15 is 0 Å². The lowest BCUT2D eigenvalue weighted by Gasteiger charge is -2.10. The smallest absolute Gasteiger partial charge is 0.242 e. The number of carbonyl (C=O) groups is 2. The maximum atomic E-state index is 11.9. The van der Waals surface area contributed by atoms with Crippen LogP contribution < -0.4 is 10.6 Å². The van der Waals surface area contributed by atoms with E-state index in [1.54, 1.807) is 0 Å². The van der Waals surface area contributed by atoms with E-state index < -0.39 is 0 Å². The topological polar surface area (TPSA) is 74.0 Å². The van der Waals surface area contributed by atoms with Crippen molar-refractivity contribution in [2.75, 3.05) is 0 Å². The lowest BCUT2D eigenvalue weighted by Crippen LogP contribution is -2.41. The Morgan fingerprint density at radius 1 is 1.40 bits per heavy atom. The molecule has 3 N–H and O–H groups in total. The zero-order chi connectivity index (χ0) is 14.1. The lowest BCUT2D eigenvalue weighted by molar-refractivity contribution is -0.125. The van der Waals surface area contributed by atoms with Gasteiger partial charge in [0.25, 0.3) is 0 Å². The number of H-pyrrole nitrogens is 1. The van der Waals surface area contributed by atoms with Gasteiger partial charge in [-0.15, -0.1) is 0 Å². The van der Waals surface area contributed by atoms with Gasteiger partial charge in [0.1, 0.15) is 6.04 Å². The summed E-state index contributed by atoms with van der Waals surface area (Å²) < 4.78 is 0. The highest BCUT2D eigenvalue weighted by Crippen LogP contribution is 2.17. The van der Waals surface area contributed by atoms with Crippen molar-refractivity contribution in [1.82, 2.24) is 15.6 Å². The van der Waals surface area contributed by atoms with Crippen LogP contribution in [0.15, 0.2) is 24.3 Å². The fourth-order valence-corrected chi connectivity index (χ4v) is 2.56. The number of carbonyl (C=O) groups excluding carboxylic acids is 2. The summed E-state index contributed by atoms with van der Waals surface area (Å²) in [6.45, 7) is 2.50. The molecule has 1 aliphatic rings. The molecule has 0 bridgehead atoms. The lowest BCUT2D eigenvalue weighted by atomic mass is 10.1. The maximum Gasteiger partial charge on any atom is 0.242 e. The summed E-state index contributed by atoms with van der Waals surface area (Å²) in [5.74, 6) is -0.157. The van der Waals surface area contributed by atoms with Crippen LogP contribution >= 0.6 is 0 Å². The summed E-state index contributed by atoms with van der Waals surface area (Å²) in [6.07, 6.45) is 1.02. The van der Waals surface area contributed by atoms with Crippen LogP contribution in [0, 0.1) is 6.92 Å². The molecule has 1 atom stereocenters. The second-order valence-electron chi connectivity index (χ2n) is 5.25. The SMILES string of the molecule is Cc1cc2cc(CNC(=O)C3CCC(=O)N3)ccc2[nH]1. The Labute approximate surface area is 116 Å². The van der Waals surface area contributed by atoms with E-state index in [-0.39, 0.29) is 17.9 Å². The molecule has 1 aromatic carbocycles. The molecule has 1 aliphatic heterocycles. The molecule has 1 saturated heterocycles. The Bertz CT molecular complexity index is 675. The minimum Gasteiger partial charge on any atom is -0.359 e. The largest absolute Gasteiger partial charge is 0.359 e. The minimum atomic E-state index is -0.374. The molecule has 0 aliphatic carbocycles. The number of hydrogen-bond donors (Lipinski definition) is 3. The van der Waals surface area contributed by atoms with Crippen LogP contribution in [0.3, 0.4) is 0 Å². The standard InChI is InChI=1S/C15H17N3O2/c1-9-6-11-7-10(2-3-12(11)17-9)8-16-15(20)13-4-5-14(19)18-13/h2-3,6-7,13,17H,4-5,8H2,1H3,(H,16,20)(H,18,19). The molecule has 1 fully saturated rings. The van der Waals surface area contributed by atoms with Crippen LogP contribution in [0.25, 0.3) is 10.9 Å². The predicted molar refractivity (Wildman–Crippen MR) is 76.0 cm³/mol. The summed E-state index contributed by atoms with van der Waals surface area (Å²) in [7, 11) is 0. The number of aryl methyl sites for hydroxylation is 1. The zero-order valence-corrected chi connectivity index (χ0v) is 11.3. The molecule has 0 spiro atoms. The van der Waals surface area contributed by atoms with E-state index in [0.29, 0.717) is 19.4 Å². The van der Waals surface area contributed by atoms with Crippen molar-refractivity contribution in [3.8, 4) is 0 Å². The number of hydrogen-bond acceptors (Lipinski definition) is 2. The van der Waals surface area contributed by atoms with Crippen molar-refractivity contribution in [1.29, 1.82) is 0 Å². The van der Waals surface area contributed by atoms with Gasteiger partial charge in [-0.25, -0.2) is 0 Å². The first kappa shape index (κ1) is 12.7. The van der Waals surface area contributed by atoms with E-state index in [0.717, 1.165) is 22.2 Å². The first-order valence-corrected chi connectivity index (χ1v) is 6.77. The van der Waals surface area contributed by atoms with Crippen LogP contribution in [-0.2, 0) is 16.1 Å². The molecule has 20 heavy (non-hydrogen) atoms. The summed E-state index contributed by atoms with van der Waals surface area (Å²) in [6, 6.07) is 7.78. The highest BCUT2D eigenvalue weighted by Gasteiger charge is 2.26. The van der Waals surface area contributed by atoms with E-state index in [4.69, 9.17) is 0 Å². The van der Waals surface area contributed by atoms with Gasteiger partial charge in [0.05, 0.1) is 0 Å². The van der Waals surface area contributed by atoms with Crippen molar-refractivity contribution in [3.63, 3.8) is 0 Å². The fourth-order valence-electron chi connectivity index (χ4n) is 2.56. The summed E-state index contributed by atoms with van der Waals surface area (Å²) in [5, 5.41) is 6.68. The van der Waals surface area contributed by atoms with Gasteiger partial charge in [0, 0.05) is 24.2 Å². The van der Waals surface area contributed by atoms with Crippen LogP contribution in [0.1, 0.15) is 24.1 Å². The number of amides is 2. The number of rotatable bonds is 3. The van der Waals surface area contributed by atoms with Gasteiger partial charge in [0.2, 0.25) is 11.8 Å². The van der Waals surface area contributed by atoms with Gasteiger partial charge in [-0.2, -0.15) is 0 Å². The van der Waals surface area contributed by atoms with Crippen molar-refractivity contribution >= 4 is 22.7 Å². The average Bonchev–Trinajstić information content (AvgIpc) is 3.00. The number of nitrogens with one attached hydrogen (secondary N) is 3. The molecule has 1 unspecified atom stereocenters.